The second-order valence-electron chi connectivity index (χ2n) is 5.75. The highest BCUT2D eigenvalue weighted by Crippen LogP contribution is 2.36. The number of amides is 3. The van der Waals surface area contributed by atoms with Gasteiger partial charge in [-0.2, -0.15) is 13.2 Å². The molecule has 0 fully saturated rings. The van der Waals surface area contributed by atoms with E-state index < -0.39 is 40.9 Å². The van der Waals surface area contributed by atoms with Gasteiger partial charge in [-0.3, -0.25) is 15.4 Å². The number of imide groups is 1. The number of halogens is 6. The van der Waals surface area contributed by atoms with E-state index in [-0.39, 0.29) is 21.6 Å². The van der Waals surface area contributed by atoms with Crippen molar-refractivity contribution in [2.24, 2.45) is 0 Å². The molecule has 156 valence electrons. The number of anilines is 1. The van der Waals surface area contributed by atoms with Gasteiger partial charge in [0.2, 0.25) is 0 Å². The number of alkyl halides is 3. The molecule has 0 aliphatic rings. The highest BCUT2D eigenvalue weighted by atomic mass is 79.9. The molecule has 0 saturated heterocycles. The normalized spacial score (nSPS) is 11.3. The molecule has 1 heterocycles. The fraction of sp³-hybridized carbons (Fsp3) is 0.0556. The number of rotatable bonds is 3. The maximum absolute atomic E-state index is 13.6. The molecule has 0 spiro atoms. The van der Waals surface area contributed by atoms with Crippen LogP contribution in [0.5, 0.6) is 0 Å². The molecule has 12 heteroatoms. The maximum atomic E-state index is 13.6. The topological polar surface area (TPSA) is 84.2 Å². The standard InChI is InChI=1S/C18H9BrF5N3O3/c19-13-14(8-4-6-9(7-5-8)18(22,23)24)30-27-15(13)25-17(29)26-16(28)12-10(20)2-1-3-11(12)21/h1-7H,(H2,25,26,27,28,29). The van der Waals surface area contributed by atoms with Crippen LogP contribution in [0.3, 0.4) is 0 Å². The average Bonchev–Trinajstić information content (AvgIpc) is 3.01. The summed E-state index contributed by atoms with van der Waals surface area (Å²) in [6.45, 7) is 0. The van der Waals surface area contributed by atoms with E-state index in [0.717, 1.165) is 42.5 Å². The molecule has 0 saturated carbocycles. The molecule has 1 aromatic heterocycles. The van der Waals surface area contributed by atoms with E-state index in [1.807, 2.05) is 0 Å². The second-order valence-corrected chi connectivity index (χ2v) is 6.55. The van der Waals surface area contributed by atoms with Gasteiger partial charge in [-0.15, -0.1) is 0 Å². The number of hydrogen-bond acceptors (Lipinski definition) is 4. The number of aromatic nitrogens is 1. The van der Waals surface area contributed by atoms with Crippen molar-refractivity contribution in [1.82, 2.24) is 10.5 Å². The molecule has 3 aromatic rings. The van der Waals surface area contributed by atoms with E-state index in [4.69, 9.17) is 4.52 Å². The number of nitrogens with one attached hydrogen (secondary N) is 2. The van der Waals surface area contributed by atoms with E-state index in [2.05, 4.69) is 26.4 Å². The van der Waals surface area contributed by atoms with Crippen LogP contribution in [0.4, 0.5) is 32.6 Å². The Balaban J connectivity index is 1.73. The third-order valence-electron chi connectivity index (χ3n) is 3.76. The average molecular weight is 490 g/mol. The van der Waals surface area contributed by atoms with Gasteiger partial charge in [-0.1, -0.05) is 23.4 Å². The lowest BCUT2D eigenvalue weighted by Gasteiger charge is -2.07. The van der Waals surface area contributed by atoms with Crippen LogP contribution in [-0.2, 0) is 6.18 Å². The second kappa shape index (κ2) is 8.22. The molecule has 2 N–H and O–H groups in total. The first kappa shape index (κ1) is 21.4. The van der Waals surface area contributed by atoms with Gasteiger partial charge in [0.1, 0.15) is 21.7 Å². The van der Waals surface area contributed by atoms with Gasteiger partial charge < -0.3 is 4.52 Å². The lowest BCUT2D eigenvalue weighted by Crippen LogP contribution is -2.35. The minimum Gasteiger partial charge on any atom is -0.353 e. The van der Waals surface area contributed by atoms with Gasteiger partial charge in [-0.25, -0.2) is 13.6 Å². The van der Waals surface area contributed by atoms with Crippen LogP contribution in [0.25, 0.3) is 11.3 Å². The summed E-state index contributed by atoms with van der Waals surface area (Å²) in [5.74, 6) is -3.86. The van der Waals surface area contributed by atoms with Crippen molar-refractivity contribution in [2.75, 3.05) is 5.32 Å². The molecule has 6 nitrogen and oxygen atoms in total. The number of benzene rings is 2. The van der Waals surface area contributed by atoms with Gasteiger partial charge >= 0.3 is 12.2 Å². The Morgan fingerprint density at radius 1 is 1.00 bits per heavy atom. The fourth-order valence-electron chi connectivity index (χ4n) is 2.37. The predicted octanol–water partition coefficient (Wildman–Crippen LogP) is 5.36. The third kappa shape index (κ3) is 4.48. The molecule has 0 aliphatic carbocycles. The summed E-state index contributed by atoms with van der Waals surface area (Å²) in [7, 11) is 0. The van der Waals surface area contributed by atoms with Crippen molar-refractivity contribution in [3.63, 3.8) is 0 Å². The molecular weight excluding hydrogens is 481 g/mol. The molecule has 3 rings (SSSR count). The van der Waals surface area contributed by atoms with Gasteiger partial charge in [-0.05, 0) is 40.2 Å². The molecule has 0 bridgehead atoms. The number of carbonyl (C=O) groups excluding carboxylic acids is 2. The van der Waals surface area contributed by atoms with Gasteiger partial charge in [0.15, 0.2) is 11.6 Å². The number of nitrogens with zero attached hydrogens (tertiary/aromatic N) is 1. The van der Waals surface area contributed by atoms with Crippen LogP contribution in [0, 0.1) is 11.6 Å². The monoisotopic (exact) mass is 489 g/mol. The van der Waals surface area contributed by atoms with Crippen LogP contribution in [-0.4, -0.2) is 17.1 Å². The smallest absolute Gasteiger partial charge is 0.353 e. The fourth-order valence-corrected chi connectivity index (χ4v) is 2.84. The summed E-state index contributed by atoms with van der Waals surface area (Å²) in [5, 5.41) is 7.40. The Hall–Kier alpha value is -3.28. The first-order valence-electron chi connectivity index (χ1n) is 7.97. The summed E-state index contributed by atoms with van der Waals surface area (Å²) in [4.78, 5) is 23.9. The SMILES string of the molecule is O=C(NC(=O)c1c(F)cccc1F)Nc1noc(-c2ccc(C(F)(F)F)cc2)c1Br. The Kier molecular flexibility index (Phi) is 5.87. The van der Waals surface area contributed by atoms with Crippen molar-refractivity contribution >= 4 is 33.7 Å². The molecule has 2 aromatic carbocycles. The van der Waals surface area contributed by atoms with Crippen LogP contribution in [0.15, 0.2) is 51.5 Å². The first-order valence-corrected chi connectivity index (χ1v) is 8.76. The van der Waals surface area contributed by atoms with Gasteiger partial charge in [0.05, 0.1) is 5.56 Å². The third-order valence-corrected chi connectivity index (χ3v) is 4.49. The highest BCUT2D eigenvalue weighted by Gasteiger charge is 2.30. The Morgan fingerprint density at radius 3 is 2.17 bits per heavy atom. The Bertz CT molecular complexity index is 1090. The number of carbonyl (C=O) groups is 2. The highest BCUT2D eigenvalue weighted by molar-refractivity contribution is 9.10. The number of urea groups is 1. The van der Waals surface area contributed by atoms with E-state index in [1.165, 1.54) is 0 Å². The Labute approximate surface area is 173 Å². The quantitative estimate of drug-likeness (QED) is 0.485. The molecule has 3 amide bonds. The van der Waals surface area contributed by atoms with Crippen molar-refractivity contribution in [3.05, 3.63) is 69.7 Å². The van der Waals surface area contributed by atoms with E-state index in [1.54, 1.807) is 5.32 Å². The van der Waals surface area contributed by atoms with Crippen molar-refractivity contribution < 1.29 is 36.1 Å². The van der Waals surface area contributed by atoms with Crippen LogP contribution in [0.2, 0.25) is 0 Å². The molecule has 0 aliphatic heterocycles. The van der Waals surface area contributed by atoms with Crippen molar-refractivity contribution in [2.45, 2.75) is 6.18 Å². The lowest BCUT2D eigenvalue weighted by molar-refractivity contribution is -0.137. The lowest BCUT2D eigenvalue weighted by atomic mass is 10.1. The molecular formula is C18H9BrF5N3O3. The van der Waals surface area contributed by atoms with Crippen molar-refractivity contribution in [1.29, 1.82) is 0 Å². The summed E-state index contributed by atoms with van der Waals surface area (Å²) >= 11 is 3.08. The van der Waals surface area contributed by atoms with Crippen LogP contribution < -0.4 is 10.6 Å². The molecule has 30 heavy (non-hydrogen) atoms. The number of hydrogen-bond donors (Lipinski definition) is 2. The largest absolute Gasteiger partial charge is 0.416 e. The molecule has 0 unspecified atom stereocenters. The molecule has 0 radical (unpaired) electrons. The zero-order chi connectivity index (χ0) is 22.1. The minimum absolute atomic E-state index is 0.00509. The zero-order valence-electron chi connectivity index (χ0n) is 14.5. The van der Waals surface area contributed by atoms with E-state index in [0.29, 0.717) is 0 Å². The Morgan fingerprint density at radius 2 is 1.60 bits per heavy atom. The summed E-state index contributed by atoms with van der Waals surface area (Å²) in [6.07, 6.45) is -4.51. The van der Waals surface area contributed by atoms with Gasteiger partial charge in [0, 0.05) is 5.56 Å². The van der Waals surface area contributed by atoms with E-state index >= 15 is 0 Å². The summed E-state index contributed by atoms with van der Waals surface area (Å²) in [5.41, 5.74) is -1.59. The summed E-state index contributed by atoms with van der Waals surface area (Å²) in [6, 6.07) is 5.54. The summed E-state index contributed by atoms with van der Waals surface area (Å²) < 4.78 is 70.2. The van der Waals surface area contributed by atoms with Crippen LogP contribution in [0.1, 0.15) is 15.9 Å². The van der Waals surface area contributed by atoms with Crippen LogP contribution >= 0.6 is 15.9 Å². The zero-order valence-corrected chi connectivity index (χ0v) is 16.1. The molecule has 0 atom stereocenters. The minimum atomic E-state index is -4.51. The van der Waals surface area contributed by atoms with Crippen molar-refractivity contribution in [3.8, 4) is 11.3 Å². The first-order chi connectivity index (χ1) is 14.1. The predicted molar refractivity (Wildman–Crippen MR) is 97.5 cm³/mol. The van der Waals surface area contributed by atoms with E-state index in [9.17, 15) is 31.5 Å². The van der Waals surface area contributed by atoms with Gasteiger partial charge in [0.25, 0.3) is 5.91 Å². The maximum Gasteiger partial charge on any atom is 0.416 e.